The summed E-state index contributed by atoms with van der Waals surface area (Å²) in [5.74, 6) is 2.07. The van der Waals surface area contributed by atoms with E-state index in [0.717, 1.165) is 22.3 Å². The number of ether oxygens (including phenoxy) is 2. The average molecular weight is 458 g/mol. The van der Waals surface area contributed by atoms with Gasteiger partial charge in [-0.15, -0.1) is 10.2 Å². The first kappa shape index (κ1) is 23.0. The molecular formula is C27H27N3O4. The molecule has 0 aliphatic rings. The summed E-state index contributed by atoms with van der Waals surface area (Å²) in [6.45, 7) is 2.85. The minimum absolute atomic E-state index is 0.0987. The monoisotopic (exact) mass is 457 g/mol. The second-order valence-electron chi connectivity index (χ2n) is 7.90. The number of rotatable bonds is 10. The summed E-state index contributed by atoms with van der Waals surface area (Å²) in [5, 5.41) is 11.0. The molecule has 4 rings (SSSR count). The second kappa shape index (κ2) is 11.1. The van der Waals surface area contributed by atoms with Crippen LogP contribution in [0.3, 0.4) is 0 Å². The minimum atomic E-state index is -0.0987. The molecule has 7 nitrogen and oxygen atoms in total. The van der Waals surface area contributed by atoms with Crippen LogP contribution >= 0.6 is 0 Å². The molecule has 0 unspecified atom stereocenters. The molecule has 0 saturated heterocycles. The third-order valence-corrected chi connectivity index (χ3v) is 5.29. The molecule has 0 atom stereocenters. The summed E-state index contributed by atoms with van der Waals surface area (Å²) in [7, 11) is 1.60. The van der Waals surface area contributed by atoms with Gasteiger partial charge >= 0.3 is 0 Å². The Kier molecular flexibility index (Phi) is 7.55. The lowest BCUT2D eigenvalue weighted by atomic mass is 10.1. The highest BCUT2D eigenvalue weighted by atomic mass is 16.5. The Hall–Kier alpha value is -4.13. The highest BCUT2D eigenvalue weighted by Gasteiger charge is 2.11. The molecule has 0 spiro atoms. The van der Waals surface area contributed by atoms with Gasteiger partial charge in [-0.2, -0.15) is 0 Å². The number of hydrogen-bond donors (Lipinski definition) is 1. The number of carbonyl (C=O) groups is 1. The number of aryl methyl sites for hydroxylation is 2. The molecule has 1 heterocycles. The molecule has 0 bridgehead atoms. The van der Waals surface area contributed by atoms with Crippen molar-refractivity contribution in [1.29, 1.82) is 0 Å². The Bertz CT molecular complexity index is 1220. The molecular weight excluding hydrogens is 430 g/mol. The van der Waals surface area contributed by atoms with Gasteiger partial charge in [-0.25, -0.2) is 0 Å². The summed E-state index contributed by atoms with van der Waals surface area (Å²) in [6, 6.07) is 23.4. The minimum Gasteiger partial charge on any atom is -0.493 e. The second-order valence-corrected chi connectivity index (χ2v) is 7.90. The molecule has 1 N–H and O–H groups in total. The maximum absolute atomic E-state index is 12.3. The van der Waals surface area contributed by atoms with Gasteiger partial charge in [0, 0.05) is 24.9 Å². The summed E-state index contributed by atoms with van der Waals surface area (Å²) in [4.78, 5) is 12.3. The fraction of sp³-hybridized carbons (Fsp3) is 0.222. The van der Waals surface area contributed by atoms with Gasteiger partial charge in [-0.1, -0.05) is 54.1 Å². The standard InChI is InChI=1S/C27H27N3O4/c1-19-8-11-22(12-9-19)27-30-29-26(34-27)15-14-25(31)28-17-21-10-13-23(24(16-21)32-2)33-18-20-6-4-3-5-7-20/h3-13,16H,14-15,17-18H2,1-2H3,(H,28,31). The zero-order chi connectivity index (χ0) is 23.8. The lowest BCUT2D eigenvalue weighted by Crippen LogP contribution is -2.23. The van der Waals surface area contributed by atoms with Crippen molar-refractivity contribution in [2.75, 3.05) is 7.11 Å². The first-order chi connectivity index (χ1) is 16.6. The van der Waals surface area contributed by atoms with E-state index in [1.807, 2.05) is 79.7 Å². The number of methoxy groups -OCH3 is 1. The number of hydrogen-bond acceptors (Lipinski definition) is 6. The molecule has 0 aliphatic heterocycles. The molecule has 1 aromatic heterocycles. The topological polar surface area (TPSA) is 86.5 Å². The van der Waals surface area contributed by atoms with Crippen LogP contribution in [0.25, 0.3) is 11.5 Å². The van der Waals surface area contributed by atoms with Crippen LogP contribution in [-0.2, 0) is 24.4 Å². The van der Waals surface area contributed by atoms with Crippen molar-refractivity contribution in [2.45, 2.75) is 32.9 Å². The fourth-order valence-corrected chi connectivity index (χ4v) is 3.35. The van der Waals surface area contributed by atoms with Gasteiger partial charge in [0.25, 0.3) is 0 Å². The van der Waals surface area contributed by atoms with Gasteiger partial charge in [-0.3, -0.25) is 4.79 Å². The van der Waals surface area contributed by atoms with E-state index in [9.17, 15) is 4.79 Å². The van der Waals surface area contributed by atoms with E-state index in [2.05, 4.69) is 15.5 Å². The Morgan fingerprint density at radius 2 is 1.74 bits per heavy atom. The van der Waals surface area contributed by atoms with Crippen LogP contribution in [0, 0.1) is 6.92 Å². The predicted molar refractivity (Wildman–Crippen MR) is 128 cm³/mol. The number of amides is 1. The van der Waals surface area contributed by atoms with E-state index in [4.69, 9.17) is 13.9 Å². The molecule has 34 heavy (non-hydrogen) atoms. The van der Waals surface area contributed by atoms with Crippen LogP contribution in [0.2, 0.25) is 0 Å². The lowest BCUT2D eigenvalue weighted by molar-refractivity contribution is -0.121. The van der Waals surface area contributed by atoms with Gasteiger partial charge in [-0.05, 0) is 42.3 Å². The maximum atomic E-state index is 12.3. The van der Waals surface area contributed by atoms with Crippen molar-refractivity contribution in [3.05, 3.63) is 95.4 Å². The molecule has 7 heteroatoms. The largest absolute Gasteiger partial charge is 0.493 e. The summed E-state index contributed by atoms with van der Waals surface area (Å²) in [6.07, 6.45) is 0.630. The first-order valence-corrected chi connectivity index (χ1v) is 11.1. The van der Waals surface area contributed by atoms with Crippen molar-refractivity contribution < 1.29 is 18.7 Å². The van der Waals surface area contributed by atoms with E-state index >= 15 is 0 Å². The summed E-state index contributed by atoms with van der Waals surface area (Å²) in [5.41, 5.74) is 4.01. The van der Waals surface area contributed by atoms with Gasteiger partial charge in [0.2, 0.25) is 17.7 Å². The highest BCUT2D eigenvalue weighted by molar-refractivity contribution is 5.76. The normalized spacial score (nSPS) is 10.6. The van der Waals surface area contributed by atoms with Gasteiger partial charge < -0.3 is 19.2 Å². The molecule has 0 radical (unpaired) electrons. The summed E-state index contributed by atoms with van der Waals surface area (Å²) >= 11 is 0. The first-order valence-electron chi connectivity index (χ1n) is 11.1. The van der Waals surface area contributed by atoms with Gasteiger partial charge in [0.1, 0.15) is 6.61 Å². The van der Waals surface area contributed by atoms with Crippen LogP contribution < -0.4 is 14.8 Å². The van der Waals surface area contributed by atoms with E-state index in [1.54, 1.807) is 7.11 Å². The number of carbonyl (C=O) groups excluding carboxylic acids is 1. The molecule has 174 valence electrons. The van der Waals surface area contributed by atoms with Crippen LogP contribution in [0.15, 0.2) is 77.2 Å². The SMILES string of the molecule is COc1cc(CNC(=O)CCc2nnc(-c3ccc(C)cc3)o2)ccc1OCc1ccccc1. The van der Waals surface area contributed by atoms with Gasteiger partial charge in [0.15, 0.2) is 11.5 Å². The maximum Gasteiger partial charge on any atom is 0.247 e. The Morgan fingerprint density at radius 3 is 2.50 bits per heavy atom. The third kappa shape index (κ3) is 6.22. The van der Waals surface area contributed by atoms with Crippen molar-refractivity contribution in [1.82, 2.24) is 15.5 Å². The van der Waals surface area contributed by atoms with E-state index < -0.39 is 0 Å². The molecule has 0 saturated carbocycles. The van der Waals surface area contributed by atoms with E-state index in [1.165, 1.54) is 0 Å². The number of nitrogens with zero attached hydrogens (tertiary/aromatic N) is 2. The number of benzene rings is 3. The predicted octanol–water partition coefficient (Wildman–Crippen LogP) is 4.88. The number of aromatic nitrogens is 2. The molecule has 3 aromatic carbocycles. The van der Waals surface area contributed by atoms with Crippen molar-refractivity contribution in [2.24, 2.45) is 0 Å². The highest BCUT2D eigenvalue weighted by Crippen LogP contribution is 2.29. The van der Waals surface area contributed by atoms with Gasteiger partial charge in [0.05, 0.1) is 7.11 Å². The van der Waals surface area contributed by atoms with Crippen molar-refractivity contribution in [3.63, 3.8) is 0 Å². The number of nitrogens with one attached hydrogen (secondary N) is 1. The fourth-order valence-electron chi connectivity index (χ4n) is 3.35. The Morgan fingerprint density at radius 1 is 0.941 bits per heavy atom. The lowest BCUT2D eigenvalue weighted by Gasteiger charge is -2.13. The van der Waals surface area contributed by atoms with Crippen LogP contribution in [-0.4, -0.2) is 23.2 Å². The zero-order valence-corrected chi connectivity index (χ0v) is 19.3. The van der Waals surface area contributed by atoms with Crippen LogP contribution in [0.5, 0.6) is 11.5 Å². The molecule has 4 aromatic rings. The molecule has 0 aliphatic carbocycles. The summed E-state index contributed by atoms with van der Waals surface area (Å²) < 4.78 is 17.0. The molecule has 0 fully saturated rings. The quantitative estimate of drug-likeness (QED) is 0.365. The van der Waals surface area contributed by atoms with E-state index in [0.29, 0.717) is 42.9 Å². The zero-order valence-electron chi connectivity index (χ0n) is 19.3. The average Bonchev–Trinajstić information content (AvgIpc) is 3.35. The van der Waals surface area contributed by atoms with E-state index in [-0.39, 0.29) is 12.3 Å². The van der Waals surface area contributed by atoms with Crippen molar-refractivity contribution >= 4 is 5.91 Å². The smallest absolute Gasteiger partial charge is 0.247 e. The molecule has 1 amide bonds. The third-order valence-electron chi connectivity index (χ3n) is 5.29. The van der Waals surface area contributed by atoms with Crippen LogP contribution in [0.1, 0.15) is 29.0 Å². The Labute approximate surface area is 198 Å². The van der Waals surface area contributed by atoms with Crippen molar-refractivity contribution in [3.8, 4) is 23.0 Å². The Balaban J connectivity index is 1.26. The van der Waals surface area contributed by atoms with Crippen LogP contribution in [0.4, 0.5) is 0 Å².